The summed E-state index contributed by atoms with van der Waals surface area (Å²) in [7, 11) is 0. The van der Waals surface area contributed by atoms with E-state index < -0.39 is 0 Å². The van der Waals surface area contributed by atoms with Crippen molar-refractivity contribution < 1.29 is 0 Å². The second kappa shape index (κ2) is 4.82. The lowest BCUT2D eigenvalue weighted by atomic mass is 9.93. The summed E-state index contributed by atoms with van der Waals surface area (Å²) in [5, 5.41) is 0. The van der Waals surface area contributed by atoms with Gasteiger partial charge in [-0.15, -0.1) is 0 Å². The second-order valence-corrected chi connectivity index (χ2v) is 6.60. The number of hydrogen-bond donors (Lipinski definition) is 0. The van der Waals surface area contributed by atoms with Crippen LogP contribution in [0, 0.1) is 11.8 Å². The average molecular weight is 256 g/mol. The van der Waals surface area contributed by atoms with Gasteiger partial charge in [0, 0.05) is 37.9 Å². The van der Waals surface area contributed by atoms with E-state index in [0.29, 0.717) is 0 Å². The monoisotopic (exact) mass is 256 g/mol. The molecule has 4 rings (SSSR count). The molecule has 2 nitrogen and oxygen atoms in total. The summed E-state index contributed by atoms with van der Waals surface area (Å²) in [6.45, 7) is 4.95. The molecule has 3 aliphatic rings. The molecule has 1 heterocycles. The van der Waals surface area contributed by atoms with E-state index in [2.05, 4.69) is 40.1 Å². The third-order valence-corrected chi connectivity index (χ3v) is 5.61. The largest absolute Gasteiger partial charge is 0.369 e. The van der Waals surface area contributed by atoms with Crippen molar-refractivity contribution in [3.05, 3.63) is 30.3 Å². The molecule has 1 aromatic carbocycles. The highest BCUT2D eigenvalue weighted by atomic mass is 15.3. The van der Waals surface area contributed by atoms with E-state index in [-0.39, 0.29) is 0 Å². The van der Waals surface area contributed by atoms with Crippen LogP contribution in [-0.2, 0) is 0 Å². The van der Waals surface area contributed by atoms with Crippen molar-refractivity contribution in [1.29, 1.82) is 0 Å². The average Bonchev–Trinajstić information content (AvgIpc) is 3.11. The van der Waals surface area contributed by atoms with Crippen LogP contribution in [-0.4, -0.2) is 37.1 Å². The Morgan fingerprint density at radius 3 is 2.26 bits per heavy atom. The maximum absolute atomic E-state index is 2.79. The zero-order valence-electron chi connectivity index (χ0n) is 11.7. The first-order chi connectivity index (χ1) is 9.40. The van der Waals surface area contributed by atoms with Crippen LogP contribution in [0.25, 0.3) is 0 Å². The van der Waals surface area contributed by atoms with E-state index in [4.69, 9.17) is 0 Å². The van der Waals surface area contributed by atoms with Gasteiger partial charge in [-0.2, -0.15) is 0 Å². The zero-order valence-corrected chi connectivity index (χ0v) is 11.7. The number of fused-ring (bicyclic) bond motifs is 2. The number of nitrogens with zero attached hydrogens (tertiary/aromatic N) is 2. The SMILES string of the molecule is c1ccc(N2CCN([C@@H]3C[C@H]4CC[C@H]3C4)CC2)cc1. The molecular formula is C17H24N2. The Morgan fingerprint density at radius 2 is 1.63 bits per heavy atom. The van der Waals surface area contributed by atoms with Crippen molar-refractivity contribution in [1.82, 2.24) is 4.90 Å². The molecule has 2 heteroatoms. The van der Waals surface area contributed by atoms with E-state index in [9.17, 15) is 0 Å². The van der Waals surface area contributed by atoms with E-state index >= 15 is 0 Å². The van der Waals surface area contributed by atoms with Gasteiger partial charge in [-0.1, -0.05) is 24.6 Å². The summed E-state index contributed by atoms with van der Waals surface area (Å²) < 4.78 is 0. The molecule has 3 atom stereocenters. The molecule has 2 saturated carbocycles. The highest BCUT2D eigenvalue weighted by molar-refractivity contribution is 5.46. The van der Waals surface area contributed by atoms with Crippen LogP contribution in [0.15, 0.2) is 30.3 Å². The van der Waals surface area contributed by atoms with Crippen LogP contribution in [0.3, 0.4) is 0 Å². The Bertz CT molecular complexity index is 422. The summed E-state index contributed by atoms with van der Waals surface area (Å²) in [6.07, 6.45) is 6.05. The van der Waals surface area contributed by atoms with Gasteiger partial charge in [-0.05, 0) is 43.2 Å². The van der Waals surface area contributed by atoms with Crippen molar-refractivity contribution in [3.63, 3.8) is 0 Å². The van der Waals surface area contributed by atoms with Gasteiger partial charge < -0.3 is 4.90 Å². The van der Waals surface area contributed by atoms with E-state index in [0.717, 1.165) is 17.9 Å². The Labute approximate surface area is 116 Å². The van der Waals surface area contributed by atoms with Crippen LogP contribution in [0.2, 0.25) is 0 Å². The molecule has 0 spiro atoms. The Morgan fingerprint density at radius 1 is 0.842 bits per heavy atom. The van der Waals surface area contributed by atoms with Crippen molar-refractivity contribution in [2.75, 3.05) is 31.1 Å². The minimum Gasteiger partial charge on any atom is -0.369 e. The molecule has 2 aliphatic carbocycles. The Balaban J connectivity index is 1.38. The molecule has 0 amide bonds. The van der Waals surface area contributed by atoms with Gasteiger partial charge in [-0.25, -0.2) is 0 Å². The fourth-order valence-electron chi connectivity index (χ4n) is 4.61. The van der Waals surface area contributed by atoms with Gasteiger partial charge in [0.25, 0.3) is 0 Å². The molecule has 102 valence electrons. The fraction of sp³-hybridized carbons (Fsp3) is 0.647. The van der Waals surface area contributed by atoms with E-state index in [1.165, 1.54) is 57.5 Å². The molecule has 1 aromatic rings. The van der Waals surface area contributed by atoms with Crippen LogP contribution in [0.1, 0.15) is 25.7 Å². The quantitative estimate of drug-likeness (QED) is 0.802. The normalized spacial score (nSPS) is 34.9. The number of para-hydroxylation sites is 1. The van der Waals surface area contributed by atoms with Gasteiger partial charge in [0.15, 0.2) is 0 Å². The summed E-state index contributed by atoms with van der Waals surface area (Å²) in [4.78, 5) is 5.34. The van der Waals surface area contributed by atoms with Crippen molar-refractivity contribution >= 4 is 5.69 Å². The van der Waals surface area contributed by atoms with Crippen LogP contribution in [0.5, 0.6) is 0 Å². The Kier molecular flexibility index (Phi) is 2.99. The number of anilines is 1. The first-order valence-electron chi connectivity index (χ1n) is 7.94. The summed E-state index contributed by atoms with van der Waals surface area (Å²) in [5.74, 6) is 2.11. The molecule has 1 aliphatic heterocycles. The maximum atomic E-state index is 2.79. The topological polar surface area (TPSA) is 6.48 Å². The molecule has 0 N–H and O–H groups in total. The van der Waals surface area contributed by atoms with Gasteiger partial charge >= 0.3 is 0 Å². The lowest BCUT2D eigenvalue weighted by Crippen LogP contribution is -2.51. The van der Waals surface area contributed by atoms with Gasteiger partial charge in [0.05, 0.1) is 0 Å². The number of benzene rings is 1. The first-order valence-corrected chi connectivity index (χ1v) is 7.94. The minimum atomic E-state index is 0.927. The minimum absolute atomic E-state index is 0.927. The Hall–Kier alpha value is -1.02. The first kappa shape index (κ1) is 11.8. The van der Waals surface area contributed by atoms with E-state index in [1.54, 1.807) is 0 Å². The van der Waals surface area contributed by atoms with Crippen LogP contribution in [0.4, 0.5) is 5.69 Å². The van der Waals surface area contributed by atoms with Gasteiger partial charge in [0.2, 0.25) is 0 Å². The molecule has 0 unspecified atom stereocenters. The number of rotatable bonds is 2. The summed E-state index contributed by atoms with van der Waals surface area (Å²) in [5.41, 5.74) is 1.40. The van der Waals surface area contributed by atoms with Crippen LogP contribution < -0.4 is 4.90 Å². The zero-order chi connectivity index (χ0) is 12.7. The molecular weight excluding hydrogens is 232 g/mol. The highest BCUT2D eigenvalue weighted by Crippen LogP contribution is 2.46. The van der Waals surface area contributed by atoms with Crippen molar-refractivity contribution in [3.8, 4) is 0 Å². The van der Waals surface area contributed by atoms with Gasteiger partial charge in [-0.3, -0.25) is 4.90 Å². The molecule has 19 heavy (non-hydrogen) atoms. The molecule has 0 radical (unpaired) electrons. The molecule has 1 saturated heterocycles. The summed E-state index contributed by atoms with van der Waals surface area (Å²) in [6, 6.07) is 11.8. The lowest BCUT2D eigenvalue weighted by Gasteiger charge is -2.41. The van der Waals surface area contributed by atoms with Crippen molar-refractivity contribution in [2.45, 2.75) is 31.7 Å². The van der Waals surface area contributed by atoms with Crippen molar-refractivity contribution in [2.24, 2.45) is 11.8 Å². The number of piperazine rings is 1. The second-order valence-electron chi connectivity index (χ2n) is 6.60. The predicted octanol–water partition coefficient (Wildman–Crippen LogP) is 3.00. The molecule has 2 bridgehead atoms. The molecule has 0 aromatic heterocycles. The maximum Gasteiger partial charge on any atom is 0.0367 e. The van der Waals surface area contributed by atoms with Crippen LogP contribution >= 0.6 is 0 Å². The number of hydrogen-bond acceptors (Lipinski definition) is 2. The molecule has 3 fully saturated rings. The van der Waals surface area contributed by atoms with Gasteiger partial charge in [0.1, 0.15) is 0 Å². The standard InChI is InChI=1S/C17H24N2/c1-2-4-16(5-3-1)18-8-10-19(11-9-18)17-13-14-6-7-15(17)12-14/h1-5,14-15,17H,6-13H2/t14-,15-,17+/m0/s1. The highest BCUT2D eigenvalue weighted by Gasteiger charge is 2.42. The summed E-state index contributed by atoms with van der Waals surface area (Å²) >= 11 is 0. The smallest absolute Gasteiger partial charge is 0.0367 e. The third-order valence-electron chi connectivity index (χ3n) is 5.61. The van der Waals surface area contributed by atoms with E-state index in [1.807, 2.05) is 0 Å². The fourth-order valence-corrected chi connectivity index (χ4v) is 4.61. The lowest BCUT2D eigenvalue weighted by molar-refractivity contribution is 0.135. The predicted molar refractivity (Wildman–Crippen MR) is 79.5 cm³/mol. The third kappa shape index (κ3) is 2.16.